The highest BCUT2D eigenvalue weighted by Gasteiger charge is 2.22. The molecule has 1 atom stereocenters. The van der Waals surface area contributed by atoms with Crippen LogP contribution < -0.4 is 16.4 Å². The Morgan fingerprint density at radius 1 is 1.46 bits per heavy atom. The number of fused-ring (bicyclic) bond motifs is 1. The number of benzene rings is 1. The Kier molecular flexibility index (Phi) is 5.96. The van der Waals surface area contributed by atoms with Crippen LogP contribution in [0.1, 0.15) is 36.9 Å². The summed E-state index contributed by atoms with van der Waals surface area (Å²) >= 11 is 5.37. The van der Waals surface area contributed by atoms with E-state index in [-0.39, 0.29) is 11.9 Å². The second-order valence-electron chi connectivity index (χ2n) is 6.43. The van der Waals surface area contributed by atoms with Crippen molar-refractivity contribution in [2.45, 2.75) is 32.2 Å². The van der Waals surface area contributed by atoms with Crippen molar-refractivity contribution < 1.29 is 4.79 Å². The van der Waals surface area contributed by atoms with Crippen LogP contribution in [0.4, 0.5) is 5.69 Å². The number of aliphatic imine (C=N–C) groups is 1. The minimum absolute atomic E-state index is 0.000389. The highest BCUT2D eigenvalue weighted by Crippen LogP contribution is 2.29. The maximum absolute atomic E-state index is 12.0. The average molecular weight is 369 g/mol. The van der Waals surface area contributed by atoms with Gasteiger partial charge in [-0.05, 0) is 43.1 Å². The normalized spacial score (nSPS) is 19.7. The van der Waals surface area contributed by atoms with E-state index < -0.39 is 0 Å². The highest BCUT2D eigenvalue weighted by atomic mass is 32.1. The maximum atomic E-state index is 12.0. The van der Waals surface area contributed by atoms with Gasteiger partial charge < -0.3 is 16.4 Å². The molecule has 0 spiro atoms. The van der Waals surface area contributed by atoms with Crippen LogP contribution in [0.25, 0.3) is 0 Å². The van der Waals surface area contributed by atoms with Crippen molar-refractivity contribution in [2.24, 2.45) is 10.7 Å². The number of carbonyl (C=O) groups excluding carboxylic acids is 1. The number of amides is 1. The summed E-state index contributed by atoms with van der Waals surface area (Å²) in [5, 5.41) is 6.30. The lowest BCUT2D eigenvalue weighted by Gasteiger charge is -2.27. The molecule has 1 aromatic rings. The van der Waals surface area contributed by atoms with Gasteiger partial charge in [0.15, 0.2) is 0 Å². The van der Waals surface area contributed by atoms with Gasteiger partial charge in [-0.2, -0.15) is 0 Å². The first-order valence-corrected chi connectivity index (χ1v) is 9.36. The zero-order chi connectivity index (χ0) is 18.5. The van der Waals surface area contributed by atoms with Crippen molar-refractivity contribution in [1.29, 1.82) is 0 Å². The molecule has 0 fully saturated rings. The van der Waals surface area contributed by atoms with E-state index in [1.165, 1.54) is 5.56 Å². The van der Waals surface area contributed by atoms with Crippen LogP contribution in [0.15, 0.2) is 47.0 Å². The van der Waals surface area contributed by atoms with Crippen LogP contribution in [-0.4, -0.2) is 29.7 Å². The van der Waals surface area contributed by atoms with Crippen LogP contribution in [0.5, 0.6) is 0 Å². The predicted octanol–water partition coefficient (Wildman–Crippen LogP) is 2.64. The average Bonchev–Trinajstić information content (AvgIpc) is 2.62. The van der Waals surface area contributed by atoms with Crippen LogP contribution >= 0.6 is 12.2 Å². The minimum atomic E-state index is -0.000389. The lowest BCUT2D eigenvalue weighted by Crippen LogP contribution is -2.34. The zero-order valence-corrected chi connectivity index (χ0v) is 15.7. The molecule has 1 heterocycles. The Hall–Kier alpha value is -2.31. The second-order valence-corrected chi connectivity index (χ2v) is 6.92. The zero-order valence-electron chi connectivity index (χ0n) is 14.9. The van der Waals surface area contributed by atoms with E-state index in [1.54, 1.807) is 0 Å². The highest BCUT2D eigenvalue weighted by molar-refractivity contribution is 7.81. The van der Waals surface area contributed by atoms with E-state index in [0.717, 1.165) is 41.1 Å². The molecule has 0 saturated heterocycles. The second kappa shape index (κ2) is 8.38. The molecule has 0 bridgehead atoms. The lowest BCUT2D eigenvalue weighted by atomic mass is 9.91. The molecule has 3 rings (SSSR count). The van der Waals surface area contributed by atoms with E-state index in [2.05, 4.69) is 21.7 Å². The van der Waals surface area contributed by atoms with Crippen LogP contribution in [0.2, 0.25) is 0 Å². The van der Waals surface area contributed by atoms with Gasteiger partial charge in [0.05, 0.1) is 5.69 Å². The molecule has 2 aliphatic rings. The third-order valence-electron chi connectivity index (χ3n) is 4.58. The monoisotopic (exact) mass is 368 g/mol. The number of nitrogens with zero attached hydrogens (tertiary/aromatic N) is 1. The van der Waals surface area contributed by atoms with E-state index in [1.807, 2.05) is 37.3 Å². The molecule has 0 aromatic heterocycles. The number of hydrogen-bond acceptors (Lipinski definition) is 4. The summed E-state index contributed by atoms with van der Waals surface area (Å²) in [4.78, 5) is 17.4. The SMILES string of the molecule is CCNC(=O)CC1NCCc2ccc(N=C(N)C3=CC=CCC3=S)cc21. The molecule has 136 valence electrons. The largest absolute Gasteiger partial charge is 0.383 e. The topological polar surface area (TPSA) is 79.5 Å². The maximum Gasteiger partial charge on any atom is 0.221 e. The Morgan fingerprint density at radius 3 is 3.08 bits per heavy atom. The number of allylic oxidation sites excluding steroid dienone is 3. The Bertz CT molecular complexity index is 810. The Balaban J connectivity index is 1.86. The standard InChI is InChI=1S/C20H24N4OS/c1-2-22-19(25)12-17-16-11-14(8-7-13(16)9-10-23-17)24-20(21)15-5-3-4-6-18(15)26/h3-5,7-8,11,17,23H,2,6,9-10,12H2,1H3,(H2,21,24)(H,22,25). The molecule has 26 heavy (non-hydrogen) atoms. The number of carbonyl (C=O) groups is 1. The van der Waals surface area contributed by atoms with Gasteiger partial charge in [-0.3, -0.25) is 4.79 Å². The first-order valence-electron chi connectivity index (χ1n) is 8.96. The number of amidine groups is 1. The molecular weight excluding hydrogens is 344 g/mol. The van der Waals surface area contributed by atoms with Gasteiger partial charge in [0, 0.05) is 35.9 Å². The van der Waals surface area contributed by atoms with Gasteiger partial charge >= 0.3 is 0 Å². The third kappa shape index (κ3) is 4.26. The smallest absolute Gasteiger partial charge is 0.221 e. The number of nitrogens with one attached hydrogen (secondary N) is 2. The molecule has 1 aromatic carbocycles. The van der Waals surface area contributed by atoms with Crippen molar-refractivity contribution >= 4 is 34.5 Å². The molecule has 0 saturated carbocycles. The van der Waals surface area contributed by atoms with Crippen LogP contribution in [0.3, 0.4) is 0 Å². The van der Waals surface area contributed by atoms with Crippen molar-refractivity contribution in [2.75, 3.05) is 13.1 Å². The molecule has 1 aliphatic carbocycles. The molecule has 1 unspecified atom stereocenters. The van der Waals surface area contributed by atoms with E-state index in [4.69, 9.17) is 18.0 Å². The summed E-state index contributed by atoms with van der Waals surface area (Å²) in [5.74, 6) is 0.485. The van der Waals surface area contributed by atoms with Gasteiger partial charge in [-0.1, -0.05) is 36.5 Å². The van der Waals surface area contributed by atoms with Gasteiger partial charge in [0.2, 0.25) is 5.91 Å². The summed E-state index contributed by atoms with van der Waals surface area (Å²) < 4.78 is 0. The first kappa shape index (κ1) is 18.5. The fourth-order valence-corrected chi connectivity index (χ4v) is 3.57. The molecule has 6 heteroatoms. The molecule has 5 nitrogen and oxygen atoms in total. The lowest BCUT2D eigenvalue weighted by molar-refractivity contribution is -0.121. The Labute approximate surface area is 159 Å². The fraction of sp³-hybridized carbons (Fsp3) is 0.350. The molecule has 1 amide bonds. The molecule has 1 aliphatic heterocycles. The molecular formula is C20H24N4OS. The number of thiocarbonyl (C=S) groups is 1. The third-order valence-corrected chi connectivity index (χ3v) is 4.97. The van der Waals surface area contributed by atoms with E-state index >= 15 is 0 Å². The number of nitrogens with two attached hydrogens (primary N) is 1. The van der Waals surface area contributed by atoms with Gasteiger partial charge in [0.1, 0.15) is 5.84 Å². The van der Waals surface area contributed by atoms with Crippen LogP contribution in [-0.2, 0) is 11.2 Å². The molecule has 0 radical (unpaired) electrons. The van der Waals surface area contributed by atoms with Crippen LogP contribution in [0, 0.1) is 0 Å². The van der Waals surface area contributed by atoms with Crippen molar-refractivity contribution in [3.8, 4) is 0 Å². The minimum Gasteiger partial charge on any atom is -0.383 e. The Morgan fingerprint density at radius 2 is 2.31 bits per heavy atom. The van der Waals surface area contributed by atoms with Gasteiger partial charge in [-0.25, -0.2) is 4.99 Å². The summed E-state index contributed by atoms with van der Waals surface area (Å²) in [6, 6.07) is 6.09. The van der Waals surface area contributed by atoms with Gasteiger partial charge in [0.25, 0.3) is 0 Å². The summed E-state index contributed by atoms with van der Waals surface area (Å²) in [6.45, 7) is 3.44. The van der Waals surface area contributed by atoms with E-state index in [0.29, 0.717) is 18.8 Å². The first-order chi connectivity index (χ1) is 12.6. The quantitative estimate of drug-likeness (QED) is 0.424. The van der Waals surface area contributed by atoms with Gasteiger partial charge in [-0.15, -0.1) is 0 Å². The van der Waals surface area contributed by atoms with Crippen molar-refractivity contribution in [3.63, 3.8) is 0 Å². The predicted molar refractivity (Wildman–Crippen MR) is 110 cm³/mol. The number of hydrogen-bond donors (Lipinski definition) is 3. The molecule has 4 N–H and O–H groups in total. The summed E-state index contributed by atoms with van der Waals surface area (Å²) in [6.07, 6.45) is 7.95. The summed E-state index contributed by atoms with van der Waals surface area (Å²) in [5.41, 5.74) is 10.2. The van der Waals surface area contributed by atoms with Crippen molar-refractivity contribution in [1.82, 2.24) is 10.6 Å². The van der Waals surface area contributed by atoms with Crippen molar-refractivity contribution in [3.05, 3.63) is 53.1 Å². The number of rotatable bonds is 5. The van der Waals surface area contributed by atoms with E-state index in [9.17, 15) is 4.79 Å². The fourth-order valence-electron chi connectivity index (χ4n) is 3.30. The summed E-state index contributed by atoms with van der Waals surface area (Å²) in [7, 11) is 0.